The third-order valence-corrected chi connectivity index (χ3v) is 6.59. The summed E-state index contributed by atoms with van der Waals surface area (Å²) in [5, 5.41) is 1.20. The van der Waals surface area contributed by atoms with E-state index in [1.54, 1.807) is 23.2 Å². The molecule has 0 saturated carbocycles. The second-order valence-corrected chi connectivity index (χ2v) is 9.04. The molecule has 2 aromatic carbocycles. The molecule has 0 bridgehead atoms. The Bertz CT molecular complexity index is 1570. The van der Waals surface area contributed by atoms with Gasteiger partial charge in [0, 0.05) is 32.4 Å². The van der Waals surface area contributed by atoms with Gasteiger partial charge in [-0.25, -0.2) is 9.97 Å². The molecule has 0 spiro atoms. The highest BCUT2D eigenvalue weighted by Gasteiger charge is 2.13. The maximum atomic E-state index is 13.2. The Morgan fingerprint density at radius 1 is 0.943 bits per heavy atom. The quantitative estimate of drug-likeness (QED) is 0.404. The van der Waals surface area contributed by atoms with Gasteiger partial charge in [-0.05, 0) is 47.5 Å². The zero-order valence-corrected chi connectivity index (χ0v) is 19.7. The van der Waals surface area contributed by atoms with Crippen molar-refractivity contribution in [3.8, 4) is 22.6 Å². The number of benzene rings is 2. The summed E-state index contributed by atoms with van der Waals surface area (Å²) in [6.45, 7) is 4.68. The summed E-state index contributed by atoms with van der Waals surface area (Å²) in [5.41, 5.74) is 5.06. The molecule has 0 unspecified atom stereocenters. The largest absolute Gasteiger partial charge is 0.379 e. The van der Waals surface area contributed by atoms with Crippen LogP contribution in [-0.2, 0) is 11.3 Å². The van der Waals surface area contributed by atoms with Gasteiger partial charge in [-0.15, -0.1) is 0 Å². The molecule has 1 N–H and O–H groups in total. The molecule has 1 aliphatic rings. The second kappa shape index (κ2) is 9.22. The van der Waals surface area contributed by atoms with Crippen LogP contribution in [0.4, 0.5) is 0 Å². The van der Waals surface area contributed by atoms with Crippen molar-refractivity contribution in [2.75, 3.05) is 32.8 Å². The van der Waals surface area contributed by atoms with E-state index in [1.807, 2.05) is 42.5 Å². The number of nitrogens with one attached hydrogen (secondary N) is 1. The average Bonchev–Trinajstić information content (AvgIpc) is 3.33. The molecule has 3 aromatic heterocycles. The first-order valence-corrected chi connectivity index (χ1v) is 11.9. The monoisotopic (exact) mass is 486 g/mol. The summed E-state index contributed by atoms with van der Waals surface area (Å²) >= 11 is 5.95. The molecule has 0 aliphatic carbocycles. The molecule has 5 aromatic rings. The van der Waals surface area contributed by atoms with Gasteiger partial charge in [-0.2, -0.15) is 0 Å². The molecule has 35 heavy (non-hydrogen) atoms. The normalized spacial score (nSPS) is 14.7. The molecule has 176 valence electrons. The van der Waals surface area contributed by atoms with Crippen LogP contribution in [0.3, 0.4) is 0 Å². The van der Waals surface area contributed by atoms with Crippen molar-refractivity contribution in [1.29, 1.82) is 0 Å². The SMILES string of the molecule is O=c1c2cc(-c3ccc4nc(-c5ccc(Cl)cn5)[nH]c4c3)ccc2ncn1CCN1CCOCC1. The van der Waals surface area contributed by atoms with Crippen LogP contribution in [0.1, 0.15) is 0 Å². The molecule has 4 heterocycles. The molecule has 8 nitrogen and oxygen atoms in total. The first-order chi connectivity index (χ1) is 17.1. The van der Waals surface area contributed by atoms with Crippen molar-refractivity contribution in [2.24, 2.45) is 0 Å². The molecular weight excluding hydrogens is 464 g/mol. The van der Waals surface area contributed by atoms with Crippen LogP contribution in [0.25, 0.3) is 44.6 Å². The fourth-order valence-electron chi connectivity index (χ4n) is 4.40. The Morgan fingerprint density at radius 3 is 2.54 bits per heavy atom. The number of aromatic amines is 1. The van der Waals surface area contributed by atoms with Gasteiger partial charge in [-0.3, -0.25) is 19.2 Å². The molecule has 1 fully saturated rings. The van der Waals surface area contributed by atoms with E-state index in [9.17, 15) is 4.79 Å². The van der Waals surface area contributed by atoms with Crippen molar-refractivity contribution in [3.05, 3.63) is 76.4 Å². The molecule has 1 saturated heterocycles. The molecule has 0 atom stereocenters. The number of imidazole rings is 1. The van der Waals surface area contributed by atoms with E-state index in [0.717, 1.165) is 60.7 Å². The van der Waals surface area contributed by atoms with Gasteiger partial charge in [0.1, 0.15) is 5.69 Å². The van der Waals surface area contributed by atoms with E-state index in [2.05, 4.69) is 24.8 Å². The highest BCUT2D eigenvalue weighted by Crippen LogP contribution is 2.27. The summed E-state index contributed by atoms with van der Waals surface area (Å²) in [6.07, 6.45) is 3.25. The number of halogens is 1. The maximum absolute atomic E-state index is 13.2. The van der Waals surface area contributed by atoms with Gasteiger partial charge in [0.15, 0.2) is 5.82 Å². The third kappa shape index (κ3) is 4.43. The van der Waals surface area contributed by atoms with Crippen molar-refractivity contribution in [2.45, 2.75) is 6.54 Å². The van der Waals surface area contributed by atoms with Crippen molar-refractivity contribution in [3.63, 3.8) is 0 Å². The fourth-order valence-corrected chi connectivity index (χ4v) is 4.51. The lowest BCUT2D eigenvalue weighted by molar-refractivity contribution is 0.0362. The number of nitrogens with zero attached hydrogens (tertiary/aromatic N) is 5. The number of hydrogen-bond acceptors (Lipinski definition) is 6. The number of hydrogen-bond donors (Lipinski definition) is 1. The first kappa shape index (κ1) is 21.9. The second-order valence-electron chi connectivity index (χ2n) is 8.61. The van der Waals surface area contributed by atoms with E-state index in [1.165, 1.54) is 0 Å². The molecule has 6 rings (SSSR count). The molecule has 0 amide bonds. The average molecular weight is 487 g/mol. The topological polar surface area (TPSA) is 88.9 Å². The first-order valence-electron chi connectivity index (χ1n) is 11.6. The van der Waals surface area contributed by atoms with Crippen LogP contribution in [0, 0.1) is 0 Å². The molecule has 0 radical (unpaired) electrons. The highest BCUT2D eigenvalue weighted by molar-refractivity contribution is 6.30. The summed E-state index contributed by atoms with van der Waals surface area (Å²) in [7, 11) is 0. The van der Waals surface area contributed by atoms with Crippen LogP contribution >= 0.6 is 11.6 Å². The molecular formula is C26H23ClN6O2. The van der Waals surface area contributed by atoms with Crippen LogP contribution in [0.5, 0.6) is 0 Å². The fraction of sp³-hybridized carbons (Fsp3) is 0.231. The van der Waals surface area contributed by atoms with Crippen molar-refractivity contribution < 1.29 is 4.74 Å². The summed E-state index contributed by atoms with van der Waals surface area (Å²) in [5.74, 6) is 0.680. The summed E-state index contributed by atoms with van der Waals surface area (Å²) in [6, 6.07) is 15.5. The zero-order chi connectivity index (χ0) is 23.8. The lowest BCUT2D eigenvalue weighted by Gasteiger charge is -2.26. The number of aromatic nitrogens is 5. The van der Waals surface area contributed by atoms with Gasteiger partial charge in [0.2, 0.25) is 0 Å². The zero-order valence-electron chi connectivity index (χ0n) is 18.9. The lowest BCUT2D eigenvalue weighted by Crippen LogP contribution is -2.39. The van der Waals surface area contributed by atoms with E-state index in [0.29, 0.717) is 28.3 Å². The highest BCUT2D eigenvalue weighted by atomic mass is 35.5. The maximum Gasteiger partial charge on any atom is 0.261 e. The van der Waals surface area contributed by atoms with Crippen LogP contribution in [0.15, 0.2) is 65.8 Å². The number of ether oxygens (including phenoxy) is 1. The van der Waals surface area contributed by atoms with E-state index in [-0.39, 0.29) is 5.56 Å². The lowest BCUT2D eigenvalue weighted by atomic mass is 10.0. The van der Waals surface area contributed by atoms with E-state index < -0.39 is 0 Å². The number of H-pyrrole nitrogens is 1. The van der Waals surface area contributed by atoms with E-state index >= 15 is 0 Å². The number of rotatable bonds is 5. The standard InChI is InChI=1S/C26H23ClN6O2/c27-19-3-6-23(28-15-19)25-30-22-5-2-18(14-24(22)31-25)17-1-4-21-20(13-17)26(34)33(16-29-21)8-7-32-9-11-35-12-10-32/h1-6,13-16H,7-12H2,(H,30,31). The van der Waals surface area contributed by atoms with E-state index in [4.69, 9.17) is 16.3 Å². The Morgan fingerprint density at radius 2 is 1.74 bits per heavy atom. The minimum absolute atomic E-state index is 0.0242. The number of pyridine rings is 1. The van der Waals surface area contributed by atoms with Gasteiger partial charge in [0.05, 0.1) is 46.5 Å². The Labute approximate surface area is 206 Å². The minimum Gasteiger partial charge on any atom is -0.379 e. The predicted octanol–water partition coefficient (Wildman–Crippen LogP) is 3.99. The van der Waals surface area contributed by atoms with Crippen LogP contribution in [0.2, 0.25) is 5.02 Å². The van der Waals surface area contributed by atoms with Gasteiger partial charge < -0.3 is 9.72 Å². The third-order valence-electron chi connectivity index (χ3n) is 6.37. The summed E-state index contributed by atoms with van der Waals surface area (Å²) in [4.78, 5) is 32.4. The number of morpholine rings is 1. The Balaban J connectivity index is 1.31. The molecule has 1 aliphatic heterocycles. The Hall–Kier alpha value is -3.59. The van der Waals surface area contributed by atoms with Crippen LogP contribution in [-0.4, -0.2) is 62.3 Å². The summed E-state index contributed by atoms with van der Waals surface area (Å²) < 4.78 is 7.11. The van der Waals surface area contributed by atoms with Gasteiger partial charge >= 0.3 is 0 Å². The predicted molar refractivity (Wildman–Crippen MR) is 137 cm³/mol. The van der Waals surface area contributed by atoms with Crippen LogP contribution < -0.4 is 5.56 Å². The van der Waals surface area contributed by atoms with Gasteiger partial charge in [-0.1, -0.05) is 23.7 Å². The molecule has 9 heteroatoms. The van der Waals surface area contributed by atoms with Crippen molar-refractivity contribution in [1.82, 2.24) is 29.4 Å². The van der Waals surface area contributed by atoms with Gasteiger partial charge in [0.25, 0.3) is 5.56 Å². The smallest absolute Gasteiger partial charge is 0.261 e. The number of fused-ring (bicyclic) bond motifs is 2. The minimum atomic E-state index is -0.0242. The van der Waals surface area contributed by atoms with Crippen molar-refractivity contribution >= 4 is 33.5 Å². The Kier molecular flexibility index (Phi) is 5.77.